The van der Waals surface area contributed by atoms with Crippen LogP contribution >= 0.6 is 0 Å². The maximum Gasteiger partial charge on any atom is 0.340 e. The van der Waals surface area contributed by atoms with Crippen molar-refractivity contribution < 1.29 is 14.6 Å². The Morgan fingerprint density at radius 3 is 3.07 bits per heavy atom. The number of benzene rings is 1. The number of rotatable bonds is 1. The molecule has 5 heteroatoms. The Balaban J connectivity index is 2.72. The summed E-state index contributed by atoms with van der Waals surface area (Å²) in [4.78, 5) is 18.1. The normalized spacial score (nSPS) is 10.4. The predicted octanol–water partition coefficient (Wildman–Crippen LogP) is 1.06. The number of esters is 1. The van der Waals surface area contributed by atoms with Crippen molar-refractivity contribution in [1.82, 2.24) is 9.97 Å². The Labute approximate surface area is 79.3 Å². The number of fused-ring (bicyclic) bond motifs is 1. The highest BCUT2D eigenvalue weighted by atomic mass is 16.5. The molecule has 0 aliphatic heterocycles. The Kier molecular flexibility index (Phi) is 1.85. The van der Waals surface area contributed by atoms with E-state index in [0.29, 0.717) is 11.0 Å². The zero-order valence-electron chi connectivity index (χ0n) is 7.44. The molecule has 0 radical (unpaired) electrons. The van der Waals surface area contributed by atoms with E-state index < -0.39 is 5.97 Å². The van der Waals surface area contributed by atoms with Gasteiger partial charge in [-0.25, -0.2) is 9.78 Å². The number of nitrogens with one attached hydrogen (secondary N) is 1. The molecule has 1 heterocycles. The number of aromatic amines is 1. The van der Waals surface area contributed by atoms with Crippen molar-refractivity contribution in [1.29, 1.82) is 0 Å². The van der Waals surface area contributed by atoms with Gasteiger partial charge in [0, 0.05) is 6.07 Å². The molecule has 1 aromatic carbocycles. The number of phenolic OH excluding ortho intramolecular Hbond substituents is 1. The van der Waals surface area contributed by atoms with E-state index in [0.717, 1.165) is 0 Å². The number of H-pyrrole nitrogens is 1. The van der Waals surface area contributed by atoms with Crippen molar-refractivity contribution in [3.8, 4) is 5.75 Å². The molecule has 0 atom stereocenters. The summed E-state index contributed by atoms with van der Waals surface area (Å²) in [5.41, 5.74) is 1.35. The summed E-state index contributed by atoms with van der Waals surface area (Å²) in [6.45, 7) is 0. The lowest BCUT2D eigenvalue weighted by Gasteiger charge is -2.00. The summed E-state index contributed by atoms with van der Waals surface area (Å²) < 4.78 is 4.56. The van der Waals surface area contributed by atoms with Crippen LogP contribution in [0.15, 0.2) is 18.5 Å². The fraction of sp³-hybridized carbons (Fsp3) is 0.111. The number of ether oxygens (including phenoxy) is 1. The lowest BCUT2D eigenvalue weighted by atomic mass is 10.2. The number of nitrogens with zero attached hydrogens (tertiary/aromatic N) is 1. The van der Waals surface area contributed by atoms with E-state index in [-0.39, 0.29) is 11.3 Å². The third-order valence-electron chi connectivity index (χ3n) is 1.91. The average molecular weight is 192 g/mol. The molecule has 0 bridgehead atoms. The van der Waals surface area contributed by atoms with E-state index in [2.05, 4.69) is 14.7 Å². The van der Waals surface area contributed by atoms with E-state index in [9.17, 15) is 9.90 Å². The lowest BCUT2D eigenvalue weighted by molar-refractivity contribution is 0.0602. The van der Waals surface area contributed by atoms with Gasteiger partial charge in [0.1, 0.15) is 11.3 Å². The number of aromatic nitrogens is 2. The molecule has 0 spiro atoms. The van der Waals surface area contributed by atoms with Gasteiger partial charge in [-0.1, -0.05) is 0 Å². The summed E-state index contributed by atoms with van der Waals surface area (Å²) >= 11 is 0. The van der Waals surface area contributed by atoms with E-state index in [1.807, 2.05) is 0 Å². The first-order valence-electron chi connectivity index (χ1n) is 3.97. The second kappa shape index (κ2) is 3.02. The summed E-state index contributed by atoms with van der Waals surface area (Å²) in [6.07, 6.45) is 1.45. The molecule has 2 aromatic rings. The van der Waals surface area contributed by atoms with Gasteiger partial charge in [-0.05, 0) is 6.07 Å². The number of phenols is 1. The SMILES string of the molecule is COC(=O)c1cc(O)cc2[nH]cnc12. The lowest BCUT2D eigenvalue weighted by Crippen LogP contribution is -2.01. The van der Waals surface area contributed by atoms with Crippen LogP contribution in [-0.2, 0) is 4.74 Å². The topological polar surface area (TPSA) is 75.2 Å². The van der Waals surface area contributed by atoms with E-state index in [4.69, 9.17) is 0 Å². The van der Waals surface area contributed by atoms with Crippen LogP contribution < -0.4 is 0 Å². The number of carbonyl (C=O) groups is 1. The molecule has 0 aliphatic carbocycles. The molecular formula is C9H8N2O3. The Bertz CT molecular complexity index is 490. The second-order valence-corrected chi connectivity index (χ2v) is 2.78. The quantitative estimate of drug-likeness (QED) is 0.662. The standard InChI is InChI=1S/C9H8N2O3/c1-14-9(13)6-2-5(12)3-7-8(6)11-4-10-7/h2-4,12H,1H3,(H,10,11). The van der Waals surface area contributed by atoms with E-state index >= 15 is 0 Å². The van der Waals surface area contributed by atoms with Crippen molar-refractivity contribution in [2.45, 2.75) is 0 Å². The highest BCUT2D eigenvalue weighted by molar-refractivity contribution is 6.02. The first-order valence-corrected chi connectivity index (χ1v) is 3.97. The number of hydrogen-bond acceptors (Lipinski definition) is 4. The van der Waals surface area contributed by atoms with Gasteiger partial charge < -0.3 is 14.8 Å². The number of aromatic hydroxyl groups is 1. The van der Waals surface area contributed by atoms with Crippen molar-refractivity contribution in [3.63, 3.8) is 0 Å². The van der Waals surface area contributed by atoms with Crippen LogP contribution in [0.4, 0.5) is 0 Å². The van der Waals surface area contributed by atoms with Crippen LogP contribution in [0, 0.1) is 0 Å². The number of imidazole rings is 1. The first kappa shape index (κ1) is 8.55. The predicted molar refractivity (Wildman–Crippen MR) is 49.1 cm³/mol. The minimum atomic E-state index is -0.516. The number of hydrogen-bond donors (Lipinski definition) is 2. The molecule has 5 nitrogen and oxygen atoms in total. The minimum absolute atomic E-state index is 0.00199. The van der Waals surface area contributed by atoms with Crippen molar-refractivity contribution in [3.05, 3.63) is 24.0 Å². The second-order valence-electron chi connectivity index (χ2n) is 2.78. The van der Waals surface area contributed by atoms with Crippen LogP contribution in [0.5, 0.6) is 5.75 Å². The number of methoxy groups -OCH3 is 1. The zero-order chi connectivity index (χ0) is 10.1. The molecule has 0 saturated carbocycles. The maximum absolute atomic E-state index is 11.3. The highest BCUT2D eigenvalue weighted by Gasteiger charge is 2.13. The largest absolute Gasteiger partial charge is 0.508 e. The van der Waals surface area contributed by atoms with Crippen LogP contribution in [0.1, 0.15) is 10.4 Å². The maximum atomic E-state index is 11.3. The van der Waals surface area contributed by atoms with Crippen molar-refractivity contribution in [2.75, 3.05) is 7.11 Å². The van der Waals surface area contributed by atoms with Gasteiger partial charge in [-0.2, -0.15) is 0 Å². The van der Waals surface area contributed by atoms with Gasteiger partial charge >= 0.3 is 5.97 Å². The van der Waals surface area contributed by atoms with Crippen molar-refractivity contribution in [2.24, 2.45) is 0 Å². The van der Waals surface area contributed by atoms with Crippen LogP contribution in [0.2, 0.25) is 0 Å². The molecule has 2 N–H and O–H groups in total. The Hall–Kier alpha value is -2.04. The molecule has 0 fully saturated rings. The van der Waals surface area contributed by atoms with Gasteiger partial charge in [0.15, 0.2) is 0 Å². The molecular weight excluding hydrogens is 184 g/mol. The highest BCUT2D eigenvalue weighted by Crippen LogP contribution is 2.22. The third kappa shape index (κ3) is 1.19. The summed E-state index contributed by atoms with van der Waals surface area (Å²) in [5, 5.41) is 9.32. The van der Waals surface area contributed by atoms with E-state index in [1.54, 1.807) is 0 Å². The molecule has 0 amide bonds. The fourth-order valence-electron chi connectivity index (χ4n) is 1.30. The molecule has 0 aliphatic rings. The van der Waals surface area contributed by atoms with E-state index in [1.165, 1.54) is 25.6 Å². The Morgan fingerprint density at radius 1 is 1.57 bits per heavy atom. The van der Waals surface area contributed by atoms with Gasteiger partial charge in [-0.15, -0.1) is 0 Å². The van der Waals surface area contributed by atoms with Crippen LogP contribution in [0.3, 0.4) is 0 Å². The van der Waals surface area contributed by atoms with Gasteiger partial charge in [0.2, 0.25) is 0 Å². The fourth-order valence-corrected chi connectivity index (χ4v) is 1.30. The van der Waals surface area contributed by atoms with Gasteiger partial charge in [0.25, 0.3) is 0 Å². The molecule has 72 valence electrons. The minimum Gasteiger partial charge on any atom is -0.508 e. The van der Waals surface area contributed by atoms with Gasteiger partial charge in [-0.3, -0.25) is 0 Å². The summed E-state index contributed by atoms with van der Waals surface area (Å²) in [6, 6.07) is 2.82. The molecule has 2 rings (SSSR count). The molecule has 1 aromatic heterocycles. The van der Waals surface area contributed by atoms with Crippen LogP contribution in [-0.4, -0.2) is 28.2 Å². The first-order chi connectivity index (χ1) is 6.72. The number of carbonyl (C=O) groups excluding carboxylic acids is 1. The monoisotopic (exact) mass is 192 g/mol. The van der Waals surface area contributed by atoms with Crippen molar-refractivity contribution >= 4 is 17.0 Å². The zero-order valence-corrected chi connectivity index (χ0v) is 7.44. The molecule has 14 heavy (non-hydrogen) atoms. The van der Waals surface area contributed by atoms with Crippen LogP contribution in [0.25, 0.3) is 11.0 Å². The summed E-state index contributed by atoms with van der Waals surface area (Å²) in [5.74, 6) is -0.514. The average Bonchev–Trinajstić information content (AvgIpc) is 2.62. The summed E-state index contributed by atoms with van der Waals surface area (Å²) in [7, 11) is 1.28. The molecule has 0 unspecified atom stereocenters. The third-order valence-corrected chi connectivity index (χ3v) is 1.91. The molecule has 0 saturated heterocycles. The smallest absolute Gasteiger partial charge is 0.340 e. The van der Waals surface area contributed by atoms with Gasteiger partial charge in [0.05, 0.1) is 24.5 Å². The Morgan fingerprint density at radius 2 is 2.36 bits per heavy atom.